The fourth-order valence-corrected chi connectivity index (χ4v) is 3.28. The van der Waals surface area contributed by atoms with Crippen LogP contribution in [0.3, 0.4) is 0 Å². The first-order valence-electron chi connectivity index (χ1n) is 7.98. The van der Waals surface area contributed by atoms with Crippen LogP contribution in [0.4, 0.5) is 5.69 Å². The van der Waals surface area contributed by atoms with Crippen LogP contribution in [0.15, 0.2) is 47.4 Å². The normalized spacial score (nSPS) is 11.0. The average Bonchev–Trinajstić information content (AvgIpc) is 2.62. The molecule has 2 rings (SSSR count). The molecule has 0 atom stereocenters. The van der Waals surface area contributed by atoms with Gasteiger partial charge in [0, 0.05) is 0 Å². The molecule has 0 saturated heterocycles. The van der Waals surface area contributed by atoms with Crippen LogP contribution < -0.4 is 18.9 Å². The molecule has 1 N–H and O–H groups in total. The lowest BCUT2D eigenvalue weighted by molar-refractivity contribution is 0.309. The van der Waals surface area contributed by atoms with E-state index < -0.39 is 10.0 Å². The van der Waals surface area contributed by atoms with E-state index in [1.807, 2.05) is 0 Å². The molecule has 2 aromatic carbocycles. The van der Waals surface area contributed by atoms with Crippen LogP contribution in [0.5, 0.6) is 17.2 Å². The Morgan fingerprint density at radius 1 is 1.00 bits per heavy atom. The van der Waals surface area contributed by atoms with E-state index in [9.17, 15) is 8.42 Å². The molecule has 0 bridgehead atoms. The predicted octanol–water partition coefficient (Wildman–Crippen LogP) is 3.68. The van der Waals surface area contributed by atoms with Gasteiger partial charge in [0.1, 0.15) is 5.75 Å². The first-order chi connectivity index (χ1) is 12.0. The lowest BCUT2D eigenvalue weighted by Gasteiger charge is -2.14. The highest BCUT2D eigenvalue weighted by atomic mass is 32.2. The zero-order valence-corrected chi connectivity index (χ0v) is 15.4. The summed E-state index contributed by atoms with van der Waals surface area (Å²) in [7, 11) is -0.804. The average molecular weight is 365 g/mol. The summed E-state index contributed by atoms with van der Waals surface area (Å²) in [5, 5.41) is 0. The number of unbranched alkanes of at least 4 members (excludes halogenated alkanes) is 1. The number of nitrogens with one attached hydrogen (secondary N) is 1. The number of sulfonamides is 1. The Morgan fingerprint density at radius 2 is 1.72 bits per heavy atom. The molecule has 25 heavy (non-hydrogen) atoms. The topological polar surface area (TPSA) is 73.9 Å². The highest BCUT2D eigenvalue weighted by Gasteiger charge is 2.18. The largest absolute Gasteiger partial charge is 0.494 e. The van der Waals surface area contributed by atoms with Crippen molar-refractivity contribution in [2.75, 3.05) is 25.5 Å². The van der Waals surface area contributed by atoms with Crippen LogP contribution in [0, 0.1) is 0 Å². The summed E-state index contributed by atoms with van der Waals surface area (Å²) >= 11 is 0. The van der Waals surface area contributed by atoms with Crippen molar-refractivity contribution in [1.82, 2.24) is 0 Å². The van der Waals surface area contributed by atoms with E-state index >= 15 is 0 Å². The maximum Gasteiger partial charge on any atom is 0.262 e. The third-order valence-corrected chi connectivity index (χ3v) is 4.93. The Labute approximate surface area is 148 Å². The first kappa shape index (κ1) is 18.9. The van der Waals surface area contributed by atoms with Crippen molar-refractivity contribution in [2.24, 2.45) is 0 Å². The number of rotatable bonds is 9. The van der Waals surface area contributed by atoms with Gasteiger partial charge in [-0.05, 0) is 42.8 Å². The van der Waals surface area contributed by atoms with E-state index in [-0.39, 0.29) is 4.90 Å². The number of hydrogen-bond donors (Lipinski definition) is 1. The Hall–Kier alpha value is -2.41. The molecule has 0 aliphatic rings. The summed E-state index contributed by atoms with van der Waals surface area (Å²) in [5.41, 5.74) is 0.310. The quantitative estimate of drug-likeness (QED) is 0.686. The van der Waals surface area contributed by atoms with E-state index in [0.29, 0.717) is 29.5 Å². The Morgan fingerprint density at radius 3 is 2.32 bits per heavy atom. The van der Waals surface area contributed by atoms with Crippen molar-refractivity contribution in [2.45, 2.75) is 24.7 Å². The number of ether oxygens (including phenoxy) is 3. The van der Waals surface area contributed by atoms with Crippen molar-refractivity contribution in [1.29, 1.82) is 0 Å². The number of benzene rings is 2. The van der Waals surface area contributed by atoms with Gasteiger partial charge in [-0.1, -0.05) is 19.4 Å². The number of para-hydroxylation sites is 1. The maximum atomic E-state index is 12.6. The van der Waals surface area contributed by atoms with Gasteiger partial charge in [0.15, 0.2) is 11.5 Å². The molecule has 0 aromatic heterocycles. The molecular formula is C18H23NO5S. The van der Waals surface area contributed by atoms with Gasteiger partial charge >= 0.3 is 0 Å². The second kappa shape index (κ2) is 8.62. The van der Waals surface area contributed by atoms with Gasteiger partial charge in [-0.25, -0.2) is 8.42 Å². The molecule has 136 valence electrons. The summed E-state index contributed by atoms with van der Waals surface area (Å²) in [6, 6.07) is 11.3. The monoisotopic (exact) mass is 365 g/mol. The fourth-order valence-electron chi connectivity index (χ4n) is 2.22. The minimum absolute atomic E-state index is 0.139. The maximum absolute atomic E-state index is 12.6. The van der Waals surface area contributed by atoms with Crippen molar-refractivity contribution in [3.63, 3.8) is 0 Å². The third kappa shape index (κ3) is 4.79. The van der Waals surface area contributed by atoms with Crippen molar-refractivity contribution in [3.05, 3.63) is 42.5 Å². The van der Waals surface area contributed by atoms with Crippen LogP contribution in [0.2, 0.25) is 0 Å². The van der Waals surface area contributed by atoms with Crippen LogP contribution in [0.1, 0.15) is 19.8 Å². The van der Waals surface area contributed by atoms with E-state index in [2.05, 4.69) is 11.6 Å². The molecule has 0 heterocycles. The molecule has 0 aliphatic heterocycles. The summed E-state index contributed by atoms with van der Waals surface area (Å²) in [5.74, 6) is 1.42. The van der Waals surface area contributed by atoms with Gasteiger partial charge in [0.05, 0.1) is 31.4 Å². The van der Waals surface area contributed by atoms with E-state index in [1.165, 1.54) is 26.4 Å². The minimum Gasteiger partial charge on any atom is -0.494 e. The summed E-state index contributed by atoms with van der Waals surface area (Å²) in [4.78, 5) is 0.139. The summed E-state index contributed by atoms with van der Waals surface area (Å²) in [6.07, 6.45) is 2.00. The van der Waals surface area contributed by atoms with Gasteiger partial charge in [-0.3, -0.25) is 4.72 Å². The molecule has 0 unspecified atom stereocenters. The van der Waals surface area contributed by atoms with Gasteiger partial charge in [0.2, 0.25) is 0 Å². The number of methoxy groups -OCH3 is 2. The van der Waals surface area contributed by atoms with E-state index in [4.69, 9.17) is 14.2 Å². The van der Waals surface area contributed by atoms with E-state index in [0.717, 1.165) is 12.8 Å². The second-order valence-corrected chi connectivity index (χ2v) is 7.00. The lowest BCUT2D eigenvalue weighted by Crippen LogP contribution is -2.13. The third-order valence-electron chi connectivity index (χ3n) is 3.55. The predicted molar refractivity (Wildman–Crippen MR) is 97.2 cm³/mol. The molecule has 0 aliphatic carbocycles. The zero-order valence-electron chi connectivity index (χ0n) is 14.6. The highest BCUT2D eigenvalue weighted by Crippen LogP contribution is 2.36. The summed E-state index contributed by atoms with van der Waals surface area (Å²) < 4.78 is 43.7. The standard InChI is InChI=1S/C18H23NO5S/c1-4-5-13-24-14-9-11-15(12-10-14)25(20,21)19-16-7-6-8-17(22-2)18(16)23-3/h6-12,19H,4-5,13H2,1-3H3. The molecule has 2 aromatic rings. The van der Waals surface area contributed by atoms with Gasteiger partial charge < -0.3 is 14.2 Å². The first-order valence-corrected chi connectivity index (χ1v) is 9.46. The number of hydrogen-bond acceptors (Lipinski definition) is 5. The van der Waals surface area contributed by atoms with E-state index in [1.54, 1.807) is 30.3 Å². The van der Waals surface area contributed by atoms with Crippen LogP contribution in [0.25, 0.3) is 0 Å². The molecule has 7 heteroatoms. The molecule has 0 radical (unpaired) electrons. The molecule has 0 spiro atoms. The molecular weight excluding hydrogens is 342 g/mol. The number of anilines is 1. The summed E-state index contributed by atoms with van der Waals surface area (Å²) in [6.45, 7) is 2.69. The SMILES string of the molecule is CCCCOc1ccc(S(=O)(=O)Nc2cccc(OC)c2OC)cc1. The Bertz CT molecular complexity index is 788. The molecule has 0 saturated carbocycles. The van der Waals surface area contributed by atoms with Crippen LogP contribution in [-0.2, 0) is 10.0 Å². The Kier molecular flexibility index (Phi) is 6.52. The van der Waals surface area contributed by atoms with Gasteiger partial charge in [-0.2, -0.15) is 0 Å². The van der Waals surface area contributed by atoms with Gasteiger partial charge in [-0.15, -0.1) is 0 Å². The smallest absolute Gasteiger partial charge is 0.262 e. The van der Waals surface area contributed by atoms with Crippen molar-refractivity contribution < 1.29 is 22.6 Å². The van der Waals surface area contributed by atoms with Gasteiger partial charge in [0.25, 0.3) is 10.0 Å². The highest BCUT2D eigenvalue weighted by molar-refractivity contribution is 7.92. The second-order valence-electron chi connectivity index (χ2n) is 5.32. The van der Waals surface area contributed by atoms with Crippen molar-refractivity contribution >= 4 is 15.7 Å². The van der Waals surface area contributed by atoms with Crippen molar-refractivity contribution in [3.8, 4) is 17.2 Å². The van der Waals surface area contributed by atoms with Crippen LogP contribution >= 0.6 is 0 Å². The molecule has 0 amide bonds. The fraction of sp³-hybridized carbons (Fsp3) is 0.333. The Balaban J connectivity index is 2.19. The molecule has 6 nitrogen and oxygen atoms in total. The minimum atomic E-state index is -3.75. The van der Waals surface area contributed by atoms with Crippen LogP contribution in [-0.4, -0.2) is 29.2 Å². The molecule has 0 fully saturated rings. The lowest BCUT2D eigenvalue weighted by atomic mass is 10.3. The zero-order chi connectivity index (χ0) is 18.3.